The van der Waals surface area contributed by atoms with Crippen molar-refractivity contribution in [1.29, 1.82) is 0 Å². The summed E-state index contributed by atoms with van der Waals surface area (Å²) in [5.41, 5.74) is 5.54. The van der Waals surface area contributed by atoms with Crippen molar-refractivity contribution in [2.75, 3.05) is 25.1 Å². The molecule has 0 saturated carbocycles. The van der Waals surface area contributed by atoms with Gasteiger partial charge in [-0.3, -0.25) is 4.90 Å². The van der Waals surface area contributed by atoms with Crippen molar-refractivity contribution in [1.82, 2.24) is 9.88 Å². The topological polar surface area (TPSA) is 76.3 Å². The van der Waals surface area contributed by atoms with E-state index in [9.17, 15) is 8.42 Å². The van der Waals surface area contributed by atoms with Gasteiger partial charge in [-0.05, 0) is 13.0 Å². The van der Waals surface area contributed by atoms with Crippen LogP contribution in [0.25, 0.3) is 0 Å². The fourth-order valence-corrected chi connectivity index (χ4v) is 3.65. The Bertz CT molecular complexity index is 469. The summed E-state index contributed by atoms with van der Waals surface area (Å²) in [5, 5.41) is 0.353. The highest BCUT2D eigenvalue weighted by Gasteiger charge is 2.29. The third kappa shape index (κ3) is 2.72. The average molecular weight is 261 g/mol. The highest BCUT2D eigenvalue weighted by Crippen LogP contribution is 2.21. The van der Waals surface area contributed by atoms with Crippen molar-refractivity contribution >= 4 is 26.3 Å². The molecule has 0 bridgehead atoms. The number of thiazole rings is 1. The molecule has 1 fully saturated rings. The highest BCUT2D eigenvalue weighted by atomic mass is 32.2. The second kappa shape index (κ2) is 4.31. The lowest BCUT2D eigenvalue weighted by molar-refractivity contribution is 0.334. The molecule has 1 aromatic rings. The summed E-state index contributed by atoms with van der Waals surface area (Å²) in [6.45, 7) is 2.20. The monoisotopic (exact) mass is 261 g/mol. The number of aromatic nitrogens is 1. The Hall–Kier alpha value is -0.660. The van der Waals surface area contributed by atoms with E-state index in [4.69, 9.17) is 5.73 Å². The van der Waals surface area contributed by atoms with Gasteiger partial charge >= 0.3 is 0 Å². The van der Waals surface area contributed by atoms with Crippen molar-refractivity contribution in [3.8, 4) is 0 Å². The van der Waals surface area contributed by atoms with Crippen LogP contribution < -0.4 is 5.73 Å². The largest absolute Gasteiger partial charge is 0.375 e. The quantitative estimate of drug-likeness (QED) is 0.849. The molecular weight excluding hydrogens is 246 g/mol. The summed E-state index contributed by atoms with van der Waals surface area (Å²) < 4.78 is 22.8. The smallest absolute Gasteiger partial charge is 0.180 e. The molecule has 1 unspecified atom stereocenters. The fraction of sp³-hybridized carbons (Fsp3) is 0.667. The maximum Gasteiger partial charge on any atom is 0.180 e. The van der Waals surface area contributed by atoms with Crippen LogP contribution in [0, 0.1) is 0 Å². The van der Waals surface area contributed by atoms with Gasteiger partial charge in [0.15, 0.2) is 15.0 Å². The number of sulfone groups is 1. The average Bonchev–Trinajstić information content (AvgIpc) is 2.74. The van der Waals surface area contributed by atoms with Crippen molar-refractivity contribution in [3.63, 3.8) is 0 Å². The first-order chi connectivity index (χ1) is 7.45. The number of hydrogen-bond acceptors (Lipinski definition) is 6. The van der Waals surface area contributed by atoms with Gasteiger partial charge in [-0.1, -0.05) is 0 Å². The first-order valence-corrected chi connectivity index (χ1v) is 7.83. The van der Waals surface area contributed by atoms with E-state index in [0.717, 1.165) is 24.4 Å². The van der Waals surface area contributed by atoms with Crippen LogP contribution in [-0.2, 0) is 16.4 Å². The molecule has 2 heterocycles. The van der Waals surface area contributed by atoms with E-state index in [1.54, 1.807) is 6.20 Å². The lowest BCUT2D eigenvalue weighted by Gasteiger charge is -2.13. The molecule has 0 aromatic carbocycles. The third-order valence-electron chi connectivity index (χ3n) is 2.79. The van der Waals surface area contributed by atoms with Crippen molar-refractivity contribution in [3.05, 3.63) is 11.1 Å². The number of hydrogen-bond donors (Lipinski definition) is 1. The Kier molecular flexibility index (Phi) is 3.18. The zero-order chi connectivity index (χ0) is 11.8. The van der Waals surface area contributed by atoms with Crippen molar-refractivity contribution in [2.24, 2.45) is 0 Å². The van der Waals surface area contributed by atoms with Gasteiger partial charge in [-0.15, -0.1) is 11.3 Å². The third-order valence-corrected chi connectivity index (χ3v) is 5.19. The number of rotatable bonds is 3. The van der Waals surface area contributed by atoms with Crippen LogP contribution >= 0.6 is 11.3 Å². The minimum Gasteiger partial charge on any atom is -0.375 e. The summed E-state index contributed by atoms with van der Waals surface area (Å²) in [5.74, 6) is 0. The molecule has 2 rings (SSSR count). The number of likely N-dealkylation sites (tertiary alicyclic amines) is 1. The summed E-state index contributed by atoms with van der Waals surface area (Å²) >= 11 is 1.46. The van der Waals surface area contributed by atoms with Crippen LogP contribution in [0.15, 0.2) is 6.20 Å². The molecule has 0 radical (unpaired) electrons. The second-order valence-corrected chi connectivity index (χ2v) is 7.61. The standard InChI is InChI=1S/C9H15N3O2S2/c1-16(13,14)8-2-3-12(6-8)5-7-4-11-9(10)15-7/h4,8H,2-3,5-6H2,1H3,(H2,10,11). The van der Waals surface area contributed by atoms with Gasteiger partial charge in [0.25, 0.3) is 0 Å². The number of anilines is 1. The van der Waals surface area contributed by atoms with Gasteiger partial charge in [0.2, 0.25) is 0 Å². The predicted octanol–water partition coefficient (Wildman–Crippen LogP) is 0.344. The maximum atomic E-state index is 11.4. The van der Waals surface area contributed by atoms with Crippen LogP contribution in [0.3, 0.4) is 0 Å². The molecule has 90 valence electrons. The van der Waals surface area contributed by atoms with E-state index in [2.05, 4.69) is 9.88 Å². The van der Waals surface area contributed by atoms with Crippen molar-refractivity contribution < 1.29 is 8.42 Å². The van der Waals surface area contributed by atoms with Gasteiger partial charge in [-0.25, -0.2) is 13.4 Å². The Labute approximate surface area is 99.2 Å². The van der Waals surface area contributed by atoms with E-state index in [0.29, 0.717) is 11.7 Å². The molecule has 1 aliphatic heterocycles. The van der Waals surface area contributed by atoms with Crippen LogP contribution in [0.1, 0.15) is 11.3 Å². The summed E-state index contributed by atoms with van der Waals surface area (Å²) in [6.07, 6.45) is 3.80. The lowest BCUT2D eigenvalue weighted by atomic mass is 10.4. The van der Waals surface area contributed by atoms with E-state index >= 15 is 0 Å². The number of nitrogen functional groups attached to an aromatic ring is 1. The Morgan fingerprint density at radius 2 is 2.44 bits per heavy atom. The van der Waals surface area contributed by atoms with Gasteiger partial charge in [0, 0.05) is 30.4 Å². The van der Waals surface area contributed by atoms with Gasteiger partial charge < -0.3 is 5.73 Å². The minimum absolute atomic E-state index is 0.210. The zero-order valence-corrected chi connectivity index (χ0v) is 10.7. The first kappa shape index (κ1) is 11.8. The zero-order valence-electron chi connectivity index (χ0n) is 9.09. The minimum atomic E-state index is -2.90. The molecule has 5 nitrogen and oxygen atoms in total. The first-order valence-electron chi connectivity index (χ1n) is 5.06. The van der Waals surface area contributed by atoms with E-state index in [1.165, 1.54) is 17.6 Å². The Balaban J connectivity index is 1.95. The van der Waals surface area contributed by atoms with Gasteiger partial charge in [0.1, 0.15) is 0 Å². The number of nitrogens with two attached hydrogens (primary N) is 1. The second-order valence-electron chi connectivity index (χ2n) is 4.14. The molecule has 7 heteroatoms. The summed E-state index contributed by atoms with van der Waals surface area (Å²) in [6, 6.07) is 0. The van der Waals surface area contributed by atoms with Crippen molar-refractivity contribution in [2.45, 2.75) is 18.2 Å². The van der Waals surface area contributed by atoms with E-state index in [1.807, 2.05) is 0 Å². The molecule has 1 atom stereocenters. The molecule has 0 aliphatic carbocycles. The molecule has 1 aliphatic rings. The molecule has 1 saturated heterocycles. The molecule has 2 N–H and O–H groups in total. The van der Waals surface area contributed by atoms with Crippen LogP contribution in [0.4, 0.5) is 5.13 Å². The normalized spacial score (nSPS) is 22.7. The predicted molar refractivity (Wildman–Crippen MR) is 65.1 cm³/mol. The molecule has 0 spiro atoms. The highest BCUT2D eigenvalue weighted by molar-refractivity contribution is 7.91. The summed E-state index contributed by atoms with van der Waals surface area (Å²) in [7, 11) is -2.90. The van der Waals surface area contributed by atoms with Crippen LogP contribution in [-0.4, -0.2) is 42.9 Å². The van der Waals surface area contributed by atoms with E-state index < -0.39 is 9.84 Å². The molecular formula is C9H15N3O2S2. The van der Waals surface area contributed by atoms with Gasteiger partial charge in [0.05, 0.1) is 5.25 Å². The Morgan fingerprint density at radius 1 is 1.69 bits per heavy atom. The maximum absolute atomic E-state index is 11.4. The SMILES string of the molecule is CS(=O)(=O)C1CCN(Cc2cnc(N)s2)C1. The van der Waals surface area contributed by atoms with Crippen LogP contribution in [0.2, 0.25) is 0 Å². The van der Waals surface area contributed by atoms with Crippen LogP contribution in [0.5, 0.6) is 0 Å². The lowest BCUT2D eigenvalue weighted by Crippen LogP contribution is -2.25. The fourth-order valence-electron chi connectivity index (χ4n) is 1.91. The number of nitrogens with zero attached hydrogens (tertiary/aromatic N) is 2. The molecule has 0 amide bonds. The van der Waals surface area contributed by atoms with Gasteiger partial charge in [-0.2, -0.15) is 0 Å². The summed E-state index contributed by atoms with van der Waals surface area (Å²) in [4.78, 5) is 7.20. The van der Waals surface area contributed by atoms with E-state index in [-0.39, 0.29) is 5.25 Å². The molecule has 1 aromatic heterocycles. The Morgan fingerprint density at radius 3 is 2.94 bits per heavy atom. The molecule has 16 heavy (non-hydrogen) atoms.